The van der Waals surface area contributed by atoms with Crippen molar-refractivity contribution >= 4 is 35.0 Å². The maximum Gasteiger partial charge on any atom is 0.243 e. The number of halogens is 2. The van der Waals surface area contributed by atoms with Crippen LogP contribution in [-0.4, -0.2) is 28.3 Å². The lowest BCUT2D eigenvalue weighted by Crippen LogP contribution is -2.53. The summed E-state index contributed by atoms with van der Waals surface area (Å²) in [6.07, 6.45) is 1.45. The van der Waals surface area contributed by atoms with Crippen LogP contribution in [0.1, 0.15) is 77.0 Å². The van der Waals surface area contributed by atoms with Gasteiger partial charge in [-0.25, -0.2) is 0 Å². The highest BCUT2D eigenvalue weighted by Gasteiger charge is 2.30. The van der Waals surface area contributed by atoms with Crippen molar-refractivity contribution in [1.29, 1.82) is 0 Å². The van der Waals surface area contributed by atoms with Crippen LogP contribution in [-0.2, 0) is 22.6 Å². The van der Waals surface area contributed by atoms with Crippen LogP contribution in [0.25, 0.3) is 0 Å². The molecule has 0 aliphatic carbocycles. The second-order valence-electron chi connectivity index (χ2n) is 9.83. The number of nitrogens with one attached hydrogen (secondary N) is 1. The van der Waals surface area contributed by atoms with Gasteiger partial charge in [0.2, 0.25) is 11.8 Å². The normalized spacial score (nSPS) is 12.5. The lowest BCUT2D eigenvalue weighted by molar-refractivity contribution is -0.142. The van der Waals surface area contributed by atoms with Gasteiger partial charge in [-0.05, 0) is 68.4 Å². The average Bonchev–Trinajstić information content (AvgIpc) is 2.73. The van der Waals surface area contributed by atoms with Gasteiger partial charge >= 0.3 is 0 Å². The molecule has 4 nitrogen and oxygen atoms in total. The number of carbonyl (C=O) groups excluding carboxylic acids is 2. The summed E-state index contributed by atoms with van der Waals surface area (Å²) < 4.78 is 0. The van der Waals surface area contributed by atoms with E-state index in [1.54, 1.807) is 17.0 Å². The molecule has 0 fully saturated rings. The van der Waals surface area contributed by atoms with Crippen molar-refractivity contribution in [3.63, 3.8) is 0 Å². The fourth-order valence-corrected chi connectivity index (χ4v) is 3.99. The Bertz CT molecular complexity index is 950. The summed E-state index contributed by atoms with van der Waals surface area (Å²) in [5.41, 5.74) is 2.83. The predicted molar refractivity (Wildman–Crippen MR) is 138 cm³/mol. The van der Waals surface area contributed by atoms with Gasteiger partial charge in [-0.2, -0.15) is 0 Å². The first-order chi connectivity index (χ1) is 15.4. The van der Waals surface area contributed by atoms with E-state index in [0.717, 1.165) is 11.1 Å². The first kappa shape index (κ1) is 27.2. The molecule has 1 unspecified atom stereocenters. The third kappa shape index (κ3) is 8.35. The summed E-state index contributed by atoms with van der Waals surface area (Å²) in [7, 11) is 0. The van der Waals surface area contributed by atoms with Crippen molar-refractivity contribution in [2.75, 3.05) is 0 Å². The van der Waals surface area contributed by atoms with E-state index < -0.39 is 6.04 Å². The molecule has 0 spiro atoms. The summed E-state index contributed by atoms with van der Waals surface area (Å²) in [6, 6.07) is 13.1. The molecule has 2 rings (SSSR count). The van der Waals surface area contributed by atoms with Gasteiger partial charge in [0.25, 0.3) is 0 Å². The number of hydrogen-bond donors (Lipinski definition) is 1. The zero-order valence-electron chi connectivity index (χ0n) is 20.5. The maximum absolute atomic E-state index is 13.4. The quantitative estimate of drug-likeness (QED) is 0.421. The fourth-order valence-electron chi connectivity index (χ4n) is 3.67. The highest BCUT2D eigenvalue weighted by Crippen LogP contribution is 2.25. The van der Waals surface area contributed by atoms with E-state index in [1.165, 1.54) is 5.56 Å². The lowest BCUT2D eigenvalue weighted by Gasteiger charge is -2.33. The van der Waals surface area contributed by atoms with E-state index in [0.29, 0.717) is 35.2 Å². The monoisotopic (exact) mass is 490 g/mol. The summed E-state index contributed by atoms with van der Waals surface area (Å²) >= 11 is 12.3. The van der Waals surface area contributed by atoms with E-state index >= 15 is 0 Å². The number of benzene rings is 2. The zero-order valence-corrected chi connectivity index (χ0v) is 22.1. The molecule has 0 saturated carbocycles. The Morgan fingerprint density at radius 3 is 2.09 bits per heavy atom. The number of amides is 2. The van der Waals surface area contributed by atoms with E-state index in [-0.39, 0.29) is 23.9 Å². The average molecular weight is 492 g/mol. The van der Waals surface area contributed by atoms with Gasteiger partial charge in [-0.1, -0.05) is 74.3 Å². The van der Waals surface area contributed by atoms with Crippen molar-refractivity contribution in [2.45, 2.75) is 84.8 Å². The molecule has 1 atom stereocenters. The Morgan fingerprint density at radius 2 is 1.58 bits per heavy atom. The number of hydrogen-bond acceptors (Lipinski definition) is 2. The van der Waals surface area contributed by atoms with Crippen molar-refractivity contribution in [2.24, 2.45) is 0 Å². The predicted octanol–water partition coefficient (Wildman–Crippen LogP) is 6.77. The van der Waals surface area contributed by atoms with Gasteiger partial charge in [0.15, 0.2) is 0 Å². The van der Waals surface area contributed by atoms with Crippen LogP contribution in [0.2, 0.25) is 10.0 Å². The van der Waals surface area contributed by atoms with Gasteiger partial charge in [-0.3, -0.25) is 9.59 Å². The van der Waals surface area contributed by atoms with Crippen molar-refractivity contribution < 1.29 is 9.59 Å². The highest BCUT2D eigenvalue weighted by atomic mass is 35.5. The minimum absolute atomic E-state index is 0.0649. The molecule has 0 bridgehead atoms. The van der Waals surface area contributed by atoms with Crippen molar-refractivity contribution in [3.05, 3.63) is 69.2 Å². The maximum atomic E-state index is 13.4. The molecule has 180 valence electrons. The molecule has 0 radical (unpaired) electrons. The molecule has 0 aromatic heterocycles. The molecular weight excluding hydrogens is 455 g/mol. The molecule has 1 N–H and O–H groups in total. The summed E-state index contributed by atoms with van der Waals surface area (Å²) in [4.78, 5) is 28.1. The molecule has 0 heterocycles. The standard InChI is InChI=1S/C27H36Cl2N2O2/c1-7-24(26(33)30-27(4,5)6)31(17-20-10-14-22(28)23(29)16-20)25(32)15-11-19-8-12-21(13-9-19)18(2)3/h8-10,12-14,16,18,24H,7,11,15,17H2,1-6H3,(H,30,33). The van der Waals surface area contributed by atoms with Crippen LogP contribution < -0.4 is 5.32 Å². The number of nitrogens with zero attached hydrogens (tertiary/aromatic N) is 1. The van der Waals surface area contributed by atoms with Crippen molar-refractivity contribution in [1.82, 2.24) is 10.2 Å². The summed E-state index contributed by atoms with van der Waals surface area (Å²) in [5, 5.41) is 3.91. The Morgan fingerprint density at radius 1 is 0.970 bits per heavy atom. The van der Waals surface area contributed by atoms with E-state index in [4.69, 9.17) is 23.2 Å². The topological polar surface area (TPSA) is 49.4 Å². The Hall–Kier alpha value is -2.04. The Labute approximate surface area is 208 Å². The van der Waals surface area contributed by atoms with E-state index in [2.05, 4.69) is 43.4 Å². The fraction of sp³-hybridized carbons (Fsp3) is 0.481. The second kappa shape index (κ2) is 11.9. The molecule has 33 heavy (non-hydrogen) atoms. The second-order valence-corrected chi connectivity index (χ2v) is 10.6. The van der Waals surface area contributed by atoms with Gasteiger partial charge in [0, 0.05) is 18.5 Å². The summed E-state index contributed by atoms with van der Waals surface area (Å²) in [5.74, 6) is 0.249. The Kier molecular flexibility index (Phi) is 9.81. The molecule has 0 aliphatic heterocycles. The third-order valence-electron chi connectivity index (χ3n) is 5.49. The SMILES string of the molecule is CCC(C(=O)NC(C)(C)C)N(Cc1ccc(Cl)c(Cl)c1)C(=O)CCc1ccc(C(C)C)cc1. The number of carbonyl (C=O) groups is 2. The smallest absolute Gasteiger partial charge is 0.243 e. The zero-order chi connectivity index (χ0) is 24.8. The Balaban J connectivity index is 2.24. The van der Waals surface area contributed by atoms with Crippen LogP contribution in [0.4, 0.5) is 0 Å². The first-order valence-electron chi connectivity index (χ1n) is 11.6. The number of aryl methyl sites for hydroxylation is 1. The molecule has 2 aromatic carbocycles. The van der Waals surface area contributed by atoms with Gasteiger partial charge in [0.05, 0.1) is 10.0 Å². The minimum Gasteiger partial charge on any atom is -0.350 e. The van der Waals surface area contributed by atoms with Gasteiger partial charge in [-0.15, -0.1) is 0 Å². The molecule has 2 amide bonds. The van der Waals surface area contributed by atoms with E-state index in [1.807, 2.05) is 33.8 Å². The summed E-state index contributed by atoms with van der Waals surface area (Å²) in [6.45, 7) is 12.3. The van der Waals surface area contributed by atoms with E-state index in [9.17, 15) is 9.59 Å². The molecule has 0 saturated heterocycles. The van der Waals surface area contributed by atoms with Crippen LogP contribution in [0.15, 0.2) is 42.5 Å². The third-order valence-corrected chi connectivity index (χ3v) is 6.23. The largest absolute Gasteiger partial charge is 0.350 e. The highest BCUT2D eigenvalue weighted by molar-refractivity contribution is 6.42. The van der Waals surface area contributed by atoms with Crippen LogP contribution in [0.3, 0.4) is 0 Å². The molecular formula is C27H36Cl2N2O2. The molecule has 0 aliphatic rings. The molecule has 2 aromatic rings. The molecule has 6 heteroatoms. The van der Waals surface area contributed by atoms with Crippen LogP contribution in [0, 0.1) is 0 Å². The van der Waals surface area contributed by atoms with Gasteiger partial charge in [0.1, 0.15) is 6.04 Å². The van der Waals surface area contributed by atoms with Crippen LogP contribution in [0.5, 0.6) is 0 Å². The van der Waals surface area contributed by atoms with Gasteiger partial charge < -0.3 is 10.2 Å². The lowest BCUT2D eigenvalue weighted by atomic mass is 10.00. The number of rotatable bonds is 9. The minimum atomic E-state index is -0.575. The van der Waals surface area contributed by atoms with Crippen LogP contribution >= 0.6 is 23.2 Å². The van der Waals surface area contributed by atoms with Crippen molar-refractivity contribution in [3.8, 4) is 0 Å². The first-order valence-corrected chi connectivity index (χ1v) is 12.3.